The zero-order chi connectivity index (χ0) is 10.0. The van der Waals surface area contributed by atoms with E-state index < -0.39 is 5.97 Å². The van der Waals surface area contributed by atoms with Crippen molar-refractivity contribution in [2.75, 3.05) is 0 Å². The fourth-order valence-electron chi connectivity index (χ4n) is 1.02. The van der Waals surface area contributed by atoms with Crippen LogP contribution in [0.3, 0.4) is 0 Å². The topological polar surface area (TPSA) is 77.8 Å². The summed E-state index contributed by atoms with van der Waals surface area (Å²) in [6.45, 7) is 1.55. The van der Waals surface area contributed by atoms with Crippen LogP contribution < -0.4 is 0 Å². The number of carboxylic acid groups (broad SMARTS) is 1. The lowest BCUT2D eigenvalue weighted by Gasteiger charge is -2.04. The quantitative estimate of drug-likeness (QED) is 0.638. The number of benzene rings is 1. The van der Waals surface area contributed by atoms with Crippen molar-refractivity contribution in [2.45, 2.75) is 13.3 Å². The maximum Gasteiger partial charge on any atom is 0.307 e. The molecule has 3 N–H and O–H groups in total. The zero-order valence-corrected chi connectivity index (χ0v) is 7.11. The van der Waals surface area contributed by atoms with E-state index in [-0.39, 0.29) is 17.9 Å². The maximum atomic E-state index is 10.3. The summed E-state index contributed by atoms with van der Waals surface area (Å²) in [6.07, 6.45) is -0.207. The highest BCUT2D eigenvalue weighted by molar-refractivity contribution is 5.70. The summed E-state index contributed by atoms with van der Waals surface area (Å²) < 4.78 is 0. The monoisotopic (exact) mass is 182 g/mol. The first-order chi connectivity index (χ1) is 6.00. The molecule has 13 heavy (non-hydrogen) atoms. The minimum atomic E-state index is -0.998. The van der Waals surface area contributed by atoms with Gasteiger partial charge in [-0.3, -0.25) is 4.79 Å². The molecule has 0 aromatic heterocycles. The molecule has 4 nitrogen and oxygen atoms in total. The van der Waals surface area contributed by atoms with Crippen LogP contribution in [0.25, 0.3) is 0 Å². The molecular formula is C9H10O4. The van der Waals surface area contributed by atoms with Crippen LogP contribution in [0.1, 0.15) is 11.1 Å². The van der Waals surface area contributed by atoms with E-state index in [0.717, 1.165) is 0 Å². The minimum absolute atomic E-state index is 0.0868. The number of hydrogen-bond donors (Lipinski definition) is 3. The van der Waals surface area contributed by atoms with Gasteiger partial charge in [0, 0.05) is 5.56 Å². The average Bonchev–Trinajstić information content (AvgIpc) is 1.98. The molecule has 0 unspecified atom stereocenters. The SMILES string of the molecule is Cc1c(O)cc(CC(=O)O)cc1O. The minimum Gasteiger partial charge on any atom is -0.508 e. The molecule has 0 aliphatic rings. The fourth-order valence-corrected chi connectivity index (χ4v) is 1.02. The van der Waals surface area contributed by atoms with E-state index in [9.17, 15) is 15.0 Å². The molecule has 4 heteroatoms. The van der Waals surface area contributed by atoms with Crippen molar-refractivity contribution in [3.8, 4) is 11.5 Å². The Morgan fingerprint density at radius 2 is 1.77 bits per heavy atom. The Morgan fingerprint density at radius 1 is 1.31 bits per heavy atom. The molecule has 0 spiro atoms. The van der Waals surface area contributed by atoms with Gasteiger partial charge in [-0.2, -0.15) is 0 Å². The normalized spacial score (nSPS) is 9.92. The number of carbonyl (C=O) groups is 1. The molecule has 0 aliphatic carbocycles. The second-order valence-electron chi connectivity index (χ2n) is 2.83. The number of phenolic OH excluding ortho intramolecular Hbond substituents is 2. The highest BCUT2D eigenvalue weighted by Crippen LogP contribution is 2.27. The second-order valence-corrected chi connectivity index (χ2v) is 2.83. The van der Waals surface area contributed by atoms with Gasteiger partial charge >= 0.3 is 5.97 Å². The van der Waals surface area contributed by atoms with Crippen LogP contribution in [0, 0.1) is 6.92 Å². The number of phenols is 2. The van der Waals surface area contributed by atoms with Crippen LogP contribution in [0.4, 0.5) is 0 Å². The van der Waals surface area contributed by atoms with Gasteiger partial charge in [-0.1, -0.05) is 0 Å². The molecule has 0 aliphatic heterocycles. The summed E-state index contributed by atoms with van der Waals surface area (Å²) in [4.78, 5) is 10.3. The highest BCUT2D eigenvalue weighted by Gasteiger charge is 2.07. The van der Waals surface area contributed by atoms with Crippen LogP contribution in [0.5, 0.6) is 11.5 Å². The van der Waals surface area contributed by atoms with Crippen LogP contribution in [-0.2, 0) is 11.2 Å². The predicted octanol–water partition coefficient (Wildman–Crippen LogP) is 1.03. The van der Waals surface area contributed by atoms with Gasteiger partial charge in [-0.05, 0) is 24.6 Å². The van der Waals surface area contributed by atoms with Crippen LogP contribution in [0.2, 0.25) is 0 Å². The highest BCUT2D eigenvalue weighted by atomic mass is 16.4. The Bertz CT molecular complexity index is 320. The smallest absolute Gasteiger partial charge is 0.307 e. The Morgan fingerprint density at radius 3 is 2.15 bits per heavy atom. The zero-order valence-electron chi connectivity index (χ0n) is 7.11. The van der Waals surface area contributed by atoms with Gasteiger partial charge in [0.1, 0.15) is 11.5 Å². The number of hydrogen-bond acceptors (Lipinski definition) is 3. The van der Waals surface area contributed by atoms with Gasteiger partial charge in [0.2, 0.25) is 0 Å². The summed E-state index contributed by atoms with van der Waals surface area (Å²) in [6, 6.07) is 2.67. The number of aliphatic carboxylic acids is 1. The summed E-state index contributed by atoms with van der Waals surface area (Å²) in [5.41, 5.74) is 0.738. The average molecular weight is 182 g/mol. The van der Waals surface area contributed by atoms with E-state index in [1.54, 1.807) is 6.92 Å². The van der Waals surface area contributed by atoms with Crippen molar-refractivity contribution in [3.63, 3.8) is 0 Å². The largest absolute Gasteiger partial charge is 0.508 e. The summed E-state index contributed by atoms with van der Waals surface area (Å²) in [7, 11) is 0. The second kappa shape index (κ2) is 3.35. The number of carboxylic acids is 1. The summed E-state index contributed by atoms with van der Waals surface area (Å²) >= 11 is 0. The van der Waals surface area contributed by atoms with Crippen LogP contribution in [0.15, 0.2) is 12.1 Å². The molecule has 0 bridgehead atoms. The van der Waals surface area contributed by atoms with Gasteiger partial charge in [0.15, 0.2) is 0 Å². The third-order valence-electron chi connectivity index (χ3n) is 1.77. The number of rotatable bonds is 2. The molecule has 1 rings (SSSR count). The van der Waals surface area contributed by atoms with Crippen LogP contribution >= 0.6 is 0 Å². The van der Waals surface area contributed by atoms with Crippen molar-refractivity contribution >= 4 is 5.97 Å². The van der Waals surface area contributed by atoms with E-state index in [1.807, 2.05) is 0 Å². The lowest BCUT2D eigenvalue weighted by molar-refractivity contribution is -0.136. The van der Waals surface area contributed by atoms with Crippen molar-refractivity contribution in [1.82, 2.24) is 0 Å². The molecule has 70 valence electrons. The molecule has 1 aromatic carbocycles. The third-order valence-corrected chi connectivity index (χ3v) is 1.77. The molecule has 0 saturated heterocycles. The third kappa shape index (κ3) is 2.11. The molecule has 0 amide bonds. The van der Waals surface area contributed by atoms with Crippen LogP contribution in [-0.4, -0.2) is 21.3 Å². The molecule has 0 fully saturated rings. The molecular weight excluding hydrogens is 172 g/mol. The maximum absolute atomic E-state index is 10.3. The van der Waals surface area contributed by atoms with E-state index in [4.69, 9.17) is 5.11 Å². The first kappa shape index (κ1) is 9.38. The van der Waals surface area contributed by atoms with Gasteiger partial charge in [-0.25, -0.2) is 0 Å². The van der Waals surface area contributed by atoms with E-state index in [2.05, 4.69) is 0 Å². The molecule has 0 saturated carbocycles. The van der Waals surface area contributed by atoms with Gasteiger partial charge in [0.25, 0.3) is 0 Å². The molecule has 1 aromatic rings. The number of aromatic hydroxyl groups is 2. The van der Waals surface area contributed by atoms with E-state index in [1.165, 1.54) is 12.1 Å². The van der Waals surface area contributed by atoms with Gasteiger partial charge in [-0.15, -0.1) is 0 Å². The Hall–Kier alpha value is -1.71. The fraction of sp³-hybridized carbons (Fsp3) is 0.222. The van der Waals surface area contributed by atoms with Crippen molar-refractivity contribution < 1.29 is 20.1 Å². The first-order valence-electron chi connectivity index (χ1n) is 3.74. The first-order valence-corrected chi connectivity index (χ1v) is 3.74. The van der Waals surface area contributed by atoms with E-state index >= 15 is 0 Å². The molecule has 0 radical (unpaired) electrons. The standard InChI is InChI=1S/C9H10O4/c1-5-7(10)2-6(3-8(5)11)4-9(12)13/h2-3,10-11H,4H2,1H3,(H,12,13). The Balaban J connectivity index is 3.06. The van der Waals surface area contributed by atoms with Gasteiger partial charge < -0.3 is 15.3 Å². The van der Waals surface area contributed by atoms with Crippen molar-refractivity contribution in [1.29, 1.82) is 0 Å². The van der Waals surface area contributed by atoms with Crippen molar-refractivity contribution in [2.24, 2.45) is 0 Å². The predicted molar refractivity (Wildman–Crippen MR) is 45.8 cm³/mol. The molecule has 0 atom stereocenters. The summed E-state index contributed by atoms with van der Waals surface area (Å²) in [5, 5.41) is 26.9. The van der Waals surface area contributed by atoms with Gasteiger partial charge in [0.05, 0.1) is 6.42 Å². The lowest BCUT2D eigenvalue weighted by atomic mass is 10.1. The van der Waals surface area contributed by atoms with E-state index in [0.29, 0.717) is 11.1 Å². The summed E-state index contributed by atoms with van der Waals surface area (Å²) in [5.74, 6) is -1.17. The Labute approximate surface area is 75.1 Å². The molecule has 0 heterocycles. The Kier molecular flexibility index (Phi) is 2.41. The lowest BCUT2D eigenvalue weighted by Crippen LogP contribution is -1.99. The van der Waals surface area contributed by atoms with Crippen molar-refractivity contribution in [3.05, 3.63) is 23.3 Å².